The minimum absolute atomic E-state index is 0. The van der Waals surface area contributed by atoms with Crippen LogP contribution in [-0.4, -0.2) is 23.4 Å². The zero-order chi connectivity index (χ0) is 37.3. The third-order valence-corrected chi connectivity index (χ3v) is 11.9. The number of hydrogen-bond acceptors (Lipinski definition) is 1. The molecule has 0 N–H and O–H groups in total. The minimum atomic E-state index is -0.194. The van der Waals surface area contributed by atoms with Crippen LogP contribution in [0.1, 0.15) is 62.8 Å². The topological polar surface area (TPSA) is 6.25 Å². The lowest BCUT2D eigenvalue weighted by Crippen LogP contribution is -3.00. The molecule has 0 atom stereocenters. The summed E-state index contributed by atoms with van der Waals surface area (Å²) in [6.07, 6.45) is 13.0. The molecule has 6 aromatic carbocycles. The lowest BCUT2D eigenvalue weighted by atomic mass is 9.79. The molecule has 0 amide bonds. The van der Waals surface area contributed by atoms with Crippen molar-refractivity contribution in [3.8, 4) is 0 Å². The van der Waals surface area contributed by atoms with Crippen molar-refractivity contribution in [1.29, 1.82) is 0 Å². The number of aryl methyl sites for hydroxylation is 2. The smallest absolute Gasteiger partial charge is 0.210 e. The molecular weight excluding hydrogens is 756 g/mol. The standard InChI is InChI=1S/C51H50ClN2.BrH/c1-50(2)46(53(35-15-21-37-17-7-5-8-18-37)44-31-27-39-23-11-13-25-42(39)48(44)50)33-29-41(52)30-34-47-51(3,4)49-43-26-14-12-24-40(43)28-32-45(49)54(47)36-16-22-38-19-9-6-10-20-38;/h5-14,17-20,23-34H,15-16,21-22,35-36H2,1-4H3;1H/q+1;/p-1. The van der Waals surface area contributed by atoms with E-state index in [0.717, 1.165) is 43.8 Å². The van der Waals surface area contributed by atoms with Crippen LogP contribution in [0.2, 0.25) is 0 Å². The molecule has 278 valence electrons. The van der Waals surface area contributed by atoms with Gasteiger partial charge in [-0.3, -0.25) is 0 Å². The number of benzene rings is 6. The average molecular weight is 806 g/mol. The first kappa shape index (κ1) is 38.6. The van der Waals surface area contributed by atoms with E-state index >= 15 is 0 Å². The number of fused-ring (bicyclic) bond motifs is 6. The second-order valence-corrected chi connectivity index (χ2v) is 16.4. The summed E-state index contributed by atoms with van der Waals surface area (Å²) < 4.78 is 2.54. The quantitative estimate of drug-likeness (QED) is 0.0934. The number of nitrogens with zero attached hydrogens (tertiary/aromatic N) is 2. The molecule has 2 aliphatic heterocycles. The Kier molecular flexibility index (Phi) is 11.3. The first-order valence-corrected chi connectivity index (χ1v) is 19.9. The highest BCUT2D eigenvalue weighted by Gasteiger charge is 2.45. The molecule has 0 bridgehead atoms. The summed E-state index contributed by atoms with van der Waals surface area (Å²) in [4.78, 5) is 2.54. The monoisotopic (exact) mass is 804 g/mol. The van der Waals surface area contributed by atoms with E-state index in [0.29, 0.717) is 0 Å². The lowest BCUT2D eigenvalue weighted by Gasteiger charge is -2.27. The van der Waals surface area contributed by atoms with Crippen LogP contribution in [0.4, 0.5) is 11.4 Å². The minimum Gasteiger partial charge on any atom is -1.00 e. The van der Waals surface area contributed by atoms with Gasteiger partial charge in [0.05, 0.1) is 5.41 Å². The summed E-state index contributed by atoms with van der Waals surface area (Å²) in [6.45, 7) is 11.3. The summed E-state index contributed by atoms with van der Waals surface area (Å²) in [5.41, 5.74) is 10.3. The Hall–Kier alpha value is -4.70. The van der Waals surface area contributed by atoms with Gasteiger partial charge >= 0.3 is 0 Å². The van der Waals surface area contributed by atoms with Gasteiger partial charge in [0.15, 0.2) is 5.71 Å². The number of rotatable bonds is 11. The Bertz CT molecular complexity index is 2450. The molecule has 0 aromatic heterocycles. The fraction of sp³-hybridized carbons (Fsp3) is 0.235. The van der Waals surface area contributed by atoms with Crippen LogP contribution in [0.3, 0.4) is 0 Å². The van der Waals surface area contributed by atoms with Gasteiger partial charge in [-0.05, 0) is 102 Å². The molecular formula is C51H50BrClN2. The van der Waals surface area contributed by atoms with E-state index in [2.05, 4.69) is 195 Å². The Morgan fingerprint density at radius 3 is 1.85 bits per heavy atom. The summed E-state index contributed by atoms with van der Waals surface area (Å²) in [7, 11) is 0. The van der Waals surface area contributed by atoms with Gasteiger partial charge in [-0.25, -0.2) is 0 Å². The third kappa shape index (κ3) is 7.50. The van der Waals surface area contributed by atoms with Crippen LogP contribution < -0.4 is 21.9 Å². The maximum Gasteiger partial charge on any atom is 0.210 e. The number of hydrogen-bond donors (Lipinski definition) is 0. The van der Waals surface area contributed by atoms with Crippen molar-refractivity contribution in [2.45, 2.75) is 64.2 Å². The van der Waals surface area contributed by atoms with Gasteiger partial charge in [-0.15, -0.1) is 0 Å². The van der Waals surface area contributed by atoms with Gasteiger partial charge in [0, 0.05) is 52.5 Å². The van der Waals surface area contributed by atoms with Crippen molar-refractivity contribution in [2.24, 2.45) is 0 Å². The SMILES string of the molecule is CC1(C)C(/C=C/C(Cl)=C/C=C2/N(CCCc3ccccc3)c3ccc4ccccc4c3C2(C)C)=[N+](CCCc2ccccc2)c2ccc3ccccc3c21.[Br-]. The number of anilines is 1. The van der Waals surface area contributed by atoms with E-state index in [9.17, 15) is 0 Å². The molecule has 2 heterocycles. The normalized spacial score (nSPS) is 16.6. The molecule has 2 nitrogen and oxygen atoms in total. The van der Waals surface area contributed by atoms with Crippen molar-refractivity contribution in [2.75, 3.05) is 18.0 Å². The molecule has 0 saturated carbocycles. The van der Waals surface area contributed by atoms with Gasteiger partial charge < -0.3 is 21.9 Å². The van der Waals surface area contributed by atoms with Crippen LogP contribution in [0.5, 0.6) is 0 Å². The Morgan fingerprint density at radius 2 is 1.20 bits per heavy atom. The van der Waals surface area contributed by atoms with Crippen molar-refractivity contribution in [3.05, 3.63) is 191 Å². The molecule has 0 fully saturated rings. The highest BCUT2D eigenvalue weighted by molar-refractivity contribution is 6.31. The highest BCUT2D eigenvalue weighted by Crippen LogP contribution is 2.51. The molecule has 0 saturated heterocycles. The van der Waals surface area contributed by atoms with Gasteiger partial charge in [0.25, 0.3) is 0 Å². The van der Waals surface area contributed by atoms with Crippen LogP contribution in [0.15, 0.2) is 168 Å². The van der Waals surface area contributed by atoms with Crippen LogP contribution in [0, 0.1) is 0 Å². The molecule has 0 radical (unpaired) electrons. The Balaban J connectivity index is 0.00000465. The first-order valence-electron chi connectivity index (χ1n) is 19.5. The van der Waals surface area contributed by atoms with Gasteiger partial charge in [0.1, 0.15) is 6.54 Å². The predicted molar refractivity (Wildman–Crippen MR) is 232 cm³/mol. The molecule has 0 spiro atoms. The van der Waals surface area contributed by atoms with Crippen molar-refractivity contribution < 1.29 is 21.6 Å². The highest BCUT2D eigenvalue weighted by atomic mass is 79.9. The number of halogens is 2. The van der Waals surface area contributed by atoms with Gasteiger partial charge in [-0.2, -0.15) is 4.58 Å². The summed E-state index contributed by atoms with van der Waals surface area (Å²) in [5.74, 6) is 0. The van der Waals surface area contributed by atoms with Crippen molar-refractivity contribution >= 4 is 50.2 Å². The zero-order valence-corrected chi connectivity index (χ0v) is 34.7. The molecule has 2 aliphatic rings. The molecule has 6 aromatic rings. The zero-order valence-electron chi connectivity index (χ0n) is 32.4. The second-order valence-electron chi connectivity index (χ2n) is 15.9. The number of allylic oxidation sites excluding steroid dienone is 6. The fourth-order valence-corrected chi connectivity index (χ4v) is 9.22. The molecule has 0 unspecified atom stereocenters. The van der Waals surface area contributed by atoms with E-state index < -0.39 is 0 Å². The fourth-order valence-electron chi connectivity index (χ4n) is 9.10. The first-order chi connectivity index (χ1) is 26.2. The Morgan fingerprint density at radius 1 is 0.636 bits per heavy atom. The van der Waals surface area contributed by atoms with Crippen molar-refractivity contribution in [1.82, 2.24) is 0 Å². The van der Waals surface area contributed by atoms with E-state index in [4.69, 9.17) is 11.6 Å². The average Bonchev–Trinajstić information content (AvgIpc) is 3.55. The van der Waals surface area contributed by atoms with Crippen molar-refractivity contribution in [3.63, 3.8) is 0 Å². The summed E-state index contributed by atoms with van der Waals surface area (Å²) in [6, 6.07) is 48.4. The Labute approximate surface area is 343 Å². The van der Waals surface area contributed by atoms with E-state index in [1.54, 1.807) is 0 Å². The largest absolute Gasteiger partial charge is 1.00 e. The van der Waals surface area contributed by atoms with Gasteiger partial charge in [-0.1, -0.05) is 141 Å². The van der Waals surface area contributed by atoms with E-state index in [1.165, 1.54) is 66.6 Å². The van der Waals surface area contributed by atoms with E-state index in [-0.39, 0.29) is 27.8 Å². The maximum atomic E-state index is 7.18. The summed E-state index contributed by atoms with van der Waals surface area (Å²) >= 11 is 7.18. The maximum absolute atomic E-state index is 7.18. The summed E-state index contributed by atoms with van der Waals surface area (Å²) in [5, 5.41) is 5.93. The second kappa shape index (κ2) is 16.2. The van der Waals surface area contributed by atoms with Crippen LogP contribution in [0.25, 0.3) is 21.5 Å². The predicted octanol–water partition coefficient (Wildman–Crippen LogP) is 10.00. The third-order valence-electron chi connectivity index (χ3n) is 11.7. The van der Waals surface area contributed by atoms with Gasteiger partial charge in [0.2, 0.25) is 5.69 Å². The lowest BCUT2D eigenvalue weighted by molar-refractivity contribution is -0.438. The van der Waals surface area contributed by atoms with Crippen LogP contribution >= 0.6 is 11.6 Å². The van der Waals surface area contributed by atoms with E-state index in [1.807, 2.05) is 0 Å². The molecule has 55 heavy (non-hydrogen) atoms. The molecule has 8 rings (SSSR count). The molecule has 0 aliphatic carbocycles. The molecule has 4 heteroatoms. The van der Waals surface area contributed by atoms with Crippen LogP contribution in [-0.2, 0) is 23.7 Å².